The van der Waals surface area contributed by atoms with E-state index in [0.717, 1.165) is 31.9 Å². The lowest BCUT2D eigenvalue weighted by Crippen LogP contribution is -2.47. The highest BCUT2D eigenvalue weighted by molar-refractivity contribution is 5.92. The van der Waals surface area contributed by atoms with Crippen LogP contribution in [0.5, 0.6) is 0 Å². The average molecular weight is 282 g/mol. The van der Waals surface area contributed by atoms with Gasteiger partial charge < -0.3 is 16.4 Å². The van der Waals surface area contributed by atoms with Gasteiger partial charge in [-0.05, 0) is 34.1 Å². The number of nitrogens with zero attached hydrogens (tertiary/aromatic N) is 3. The molecule has 1 rings (SSSR count). The Labute approximate surface area is 122 Å². The number of hydrogen-bond donors (Lipinski definition) is 3. The van der Waals surface area contributed by atoms with E-state index in [-0.39, 0.29) is 17.1 Å². The molecule has 1 unspecified atom stereocenters. The molecule has 0 aromatic rings. The van der Waals surface area contributed by atoms with E-state index < -0.39 is 0 Å². The van der Waals surface area contributed by atoms with E-state index in [2.05, 4.69) is 46.6 Å². The van der Waals surface area contributed by atoms with Gasteiger partial charge in [0.1, 0.15) is 11.4 Å². The van der Waals surface area contributed by atoms with Gasteiger partial charge in [-0.2, -0.15) is 10.2 Å². The Kier molecular flexibility index (Phi) is 6.07. The van der Waals surface area contributed by atoms with Gasteiger partial charge in [-0.15, -0.1) is 0 Å². The largest absolute Gasteiger partial charge is 0.370 e. The summed E-state index contributed by atoms with van der Waals surface area (Å²) in [6.45, 7) is 13.6. The third-order valence-electron chi connectivity index (χ3n) is 3.61. The molecular formula is C14H30N6. The molecule has 1 heterocycles. The molecule has 20 heavy (non-hydrogen) atoms. The van der Waals surface area contributed by atoms with Crippen molar-refractivity contribution in [2.45, 2.75) is 58.2 Å². The smallest absolute Gasteiger partial charge is 0.132 e. The molecule has 116 valence electrons. The van der Waals surface area contributed by atoms with Crippen molar-refractivity contribution in [3.8, 4) is 0 Å². The number of nitrogens with one attached hydrogen (secondary N) is 2. The van der Waals surface area contributed by atoms with Gasteiger partial charge in [0.05, 0.1) is 12.1 Å². The van der Waals surface area contributed by atoms with Crippen LogP contribution in [0.3, 0.4) is 0 Å². The fourth-order valence-electron chi connectivity index (χ4n) is 2.33. The van der Waals surface area contributed by atoms with Crippen LogP contribution < -0.4 is 16.4 Å². The Bertz CT molecular complexity index is 359. The van der Waals surface area contributed by atoms with Gasteiger partial charge >= 0.3 is 0 Å². The summed E-state index contributed by atoms with van der Waals surface area (Å²) in [6, 6.07) is 0.268. The lowest BCUT2D eigenvalue weighted by molar-refractivity contribution is 0.318. The zero-order chi connectivity index (χ0) is 15.2. The van der Waals surface area contributed by atoms with Crippen LogP contribution in [0.1, 0.15) is 41.0 Å². The molecular weight excluding hydrogens is 252 g/mol. The number of nitrogens with two attached hydrogens (primary N) is 1. The van der Waals surface area contributed by atoms with Crippen LogP contribution in [0.4, 0.5) is 0 Å². The monoisotopic (exact) mass is 282 g/mol. The van der Waals surface area contributed by atoms with Crippen molar-refractivity contribution in [3.05, 3.63) is 0 Å². The maximum Gasteiger partial charge on any atom is 0.132 e. The first-order valence-electron chi connectivity index (χ1n) is 7.50. The summed E-state index contributed by atoms with van der Waals surface area (Å²) in [5.41, 5.74) is 4.91. The van der Waals surface area contributed by atoms with E-state index in [1.807, 2.05) is 13.8 Å². The highest BCUT2D eigenvalue weighted by atomic mass is 15.2. The van der Waals surface area contributed by atoms with Crippen LogP contribution in [0.15, 0.2) is 15.2 Å². The highest BCUT2D eigenvalue weighted by Gasteiger charge is 2.31. The molecule has 1 aliphatic heterocycles. The summed E-state index contributed by atoms with van der Waals surface area (Å²) in [5, 5.41) is 15.9. The number of azo groups is 1. The van der Waals surface area contributed by atoms with Gasteiger partial charge in [-0.25, -0.2) is 0 Å². The summed E-state index contributed by atoms with van der Waals surface area (Å²) in [4.78, 5) is 4.44. The summed E-state index contributed by atoms with van der Waals surface area (Å²) >= 11 is 0. The second-order valence-corrected chi connectivity index (χ2v) is 6.27. The molecule has 0 spiro atoms. The first kappa shape index (κ1) is 17.0. The first-order chi connectivity index (χ1) is 9.33. The van der Waals surface area contributed by atoms with Crippen molar-refractivity contribution in [3.63, 3.8) is 0 Å². The van der Waals surface area contributed by atoms with Crippen LogP contribution in [0, 0.1) is 0 Å². The van der Waals surface area contributed by atoms with E-state index >= 15 is 0 Å². The third-order valence-corrected chi connectivity index (χ3v) is 3.61. The second kappa shape index (κ2) is 7.13. The molecule has 0 saturated carbocycles. The molecule has 0 fully saturated rings. The van der Waals surface area contributed by atoms with E-state index in [4.69, 9.17) is 5.73 Å². The predicted octanol–water partition coefficient (Wildman–Crippen LogP) is 1.32. The zero-order valence-corrected chi connectivity index (χ0v) is 13.5. The van der Waals surface area contributed by atoms with Crippen LogP contribution in [-0.4, -0.2) is 49.1 Å². The molecule has 0 aromatic carbocycles. The summed E-state index contributed by atoms with van der Waals surface area (Å²) in [6.07, 6.45) is 0.992. The first-order valence-corrected chi connectivity index (χ1v) is 7.50. The van der Waals surface area contributed by atoms with E-state index in [0.29, 0.717) is 6.54 Å². The minimum atomic E-state index is -0.389. The molecule has 0 bridgehead atoms. The van der Waals surface area contributed by atoms with Crippen LogP contribution in [0.2, 0.25) is 0 Å². The Balaban J connectivity index is 2.74. The van der Waals surface area contributed by atoms with E-state index in [1.54, 1.807) is 0 Å². The number of amidine groups is 1. The normalized spacial score (nSPS) is 18.2. The molecule has 6 heteroatoms. The summed E-state index contributed by atoms with van der Waals surface area (Å²) < 4.78 is 0. The van der Waals surface area contributed by atoms with Crippen molar-refractivity contribution in [1.29, 1.82) is 0 Å². The molecule has 0 radical (unpaired) electrons. The average Bonchev–Trinajstić information content (AvgIpc) is 2.92. The maximum absolute atomic E-state index is 5.56. The van der Waals surface area contributed by atoms with Gasteiger partial charge in [-0.3, -0.25) is 4.99 Å². The lowest BCUT2D eigenvalue weighted by Gasteiger charge is -2.31. The second-order valence-electron chi connectivity index (χ2n) is 6.27. The Hall–Kier alpha value is -1.01. The molecule has 4 N–H and O–H groups in total. The van der Waals surface area contributed by atoms with Crippen LogP contribution >= 0.6 is 0 Å². The minimum absolute atomic E-state index is 0.264. The van der Waals surface area contributed by atoms with Crippen molar-refractivity contribution >= 4 is 5.84 Å². The predicted molar refractivity (Wildman–Crippen MR) is 84.5 cm³/mol. The summed E-state index contributed by atoms with van der Waals surface area (Å²) in [5.74, 6) is 0.931. The molecule has 0 aromatic heterocycles. The minimum Gasteiger partial charge on any atom is -0.370 e. The Morgan fingerprint density at radius 1 is 1.35 bits per heavy atom. The van der Waals surface area contributed by atoms with Gasteiger partial charge in [-0.1, -0.05) is 6.92 Å². The number of hydrogen-bond acceptors (Lipinski definition) is 6. The van der Waals surface area contributed by atoms with Gasteiger partial charge in [0, 0.05) is 25.7 Å². The molecule has 6 nitrogen and oxygen atoms in total. The standard InChI is InChI=1S/C14H30N6/c1-6-11(16-8-7-15)13(2,3)19-20-14(4,5)12-17-9-10-18-12/h11,16H,6-10,15H2,1-5H3,(H,17,18). The Morgan fingerprint density at radius 3 is 2.55 bits per heavy atom. The number of rotatable bonds is 8. The summed E-state index contributed by atoms with van der Waals surface area (Å²) in [7, 11) is 0. The van der Waals surface area contributed by atoms with Gasteiger partial charge in [0.15, 0.2) is 0 Å². The SMILES string of the molecule is CCC(NCCN)C(C)(C)N=NC(C)(C)C1=NCCN1. The molecule has 0 aliphatic carbocycles. The third kappa shape index (κ3) is 4.52. The van der Waals surface area contributed by atoms with Gasteiger partial charge in [0.2, 0.25) is 0 Å². The Morgan fingerprint density at radius 2 is 2.05 bits per heavy atom. The van der Waals surface area contributed by atoms with Crippen molar-refractivity contribution in [2.24, 2.45) is 21.0 Å². The number of aliphatic imine (C=N–C) groups is 1. The topological polar surface area (TPSA) is 87.2 Å². The van der Waals surface area contributed by atoms with E-state index in [1.165, 1.54) is 0 Å². The maximum atomic E-state index is 5.56. The van der Waals surface area contributed by atoms with E-state index in [9.17, 15) is 0 Å². The lowest BCUT2D eigenvalue weighted by atomic mass is 9.93. The molecule has 1 aliphatic rings. The fraction of sp³-hybridized carbons (Fsp3) is 0.929. The molecule has 0 amide bonds. The molecule has 0 saturated heterocycles. The highest BCUT2D eigenvalue weighted by Crippen LogP contribution is 2.22. The van der Waals surface area contributed by atoms with Crippen molar-refractivity contribution < 1.29 is 0 Å². The fourth-order valence-corrected chi connectivity index (χ4v) is 2.33. The zero-order valence-electron chi connectivity index (χ0n) is 13.5. The van der Waals surface area contributed by atoms with Crippen LogP contribution in [-0.2, 0) is 0 Å². The van der Waals surface area contributed by atoms with Crippen LogP contribution in [0.25, 0.3) is 0 Å². The van der Waals surface area contributed by atoms with Crippen molar-refractivity contribution in [2.75, 3.05) is 26.2 Å². The molecule has 1 atom stereocenters. The van der Waals surface area contributed by atoms with Crippen molar-refractivity contribution in [1.82, 2.24) is 10.6 Å². The van der Waals surface area contributed by atoms with Gasteiger partial charge in [0.25, 0.3) is 0 Å². The quantitative estimate of drug-likeness (QED) is 0.587.